The van der Waals surface area contributed by atoms with Crippen LogP contribution in [0.5, 0.6) is 5.75 Å². The highest BCUT2D eigenvalue weighted by molar-refractivity contribution is 7.71. The van der Waals surface area contributed by atoms with Gasteiger partial charge in [-0.05, 0) is 55.5 Å². The van der Waals surface area contributed by atoms with Gasteiger partial charge in [0.1, 0.15) is 29.7 Å². The normalized spacial score (nSPS) is 11.2. The van der Waals surface area contributed by atoms with Crippen LogP contribution < -0.4 is 4.74 Å². The van der Waals surface area contributed by atoms with Crippen LogP contribution in [0.4, 0.5) is 0 Å². The molecule has 0 bridgehead atoms. The summed E-state index contributed by atoms with van der Waals surface area (Å²) in [5.74, 6) is 2.68. The van der Waals surface area contributed by atoms with Crippen molar-refractivity contribution in [3.63, 3.8) is 0 Å². The summed E-state index contributed by atoms with van der Waals surface area (Å²) in [5.41, 5.74) is 0. The van der Waals surface area contributed by atoms with Crippen LogP contribution in [-0.2, 0) is 6.61 Å². The lowest BCUT2D eigenvalue weighted by atomic mass is 10.3. The van der Waals surface area contributed by atoms with E-state index in [0.29, 0.717) is 33.7 Å². The second kappa shape index (κ2) is 6.80. The molecule has 118 valence electrons. The molecule has 6 nitrogen and oxygen atoms in total. The summed E-state index contributed by atoms with van der Waals surface area (Å²) in [6, 6.07) is 10.8. The lowest BCUT2D eigenvalue weighted by Crippen LogP contribution is -1.94. The van der Waals surface area contributed by atoms with Gasteiger partial charge in [-0.2, -0.15) is 14.9 Å². The Balaban J connectivity index is 1.64. The lowest BCUT2D eigenvalue weighted by molar-refractivity contribution is 0.270. The third kappa shape index (κ3) is 3.88. The summed E-state index contributed by atoms with van der Waals surface area (Å²) in [6.45, 7) is 2.12. The van der Waals surface area contributed by atoms with Gasteiger partial charge in [0.25, 0.3) is 0 Å². The van der Waals surface area contributed by atoms with Crippen LogP contribution in [0.3, 0.4) is 0 Å². The fraction of sp³-hybridized carbons (Fsp3) is 0.133. The molecule has 2 heterocycles. The van der Waals surface area contributed by atoms with Crippen molar-refractivity contribution < 1.29 is 9.15 Å². The van der Waals surface area contributed by atoms with Crippen LogP contribution in [0.1, 0.15) is 17.3 Å². The highest BCUT2D eigenvalue weighted by Gasteiger charge is 2.03. The van der Waals surface area contributed by atoms with Crippen molar-refractivity contribution in [2.75, 3.05) is 0 Å². The van der Waals surface area contributed by atoms with Gasteiger partial charge in [0.05, 0.1) is 6.21 Å². The van der Waals surface area contributed by atoms with Crippen LogP contribution in [0, 0.1) is 11.7 Å². The predicted molar refractivity (Wildman–Crippen MR) is 89.6 cm³/mol. The lowest BCUT2D eigenvalue weighted by Gasteiger charge is -2.03. The Labute approximate surface area is 142 Å². The monoisotopic (exact) mass is 348 g/mol. The summed E-state index contributed by atoms with van der Waals surface area (Å²) in [5, 5.41) is 11.5. The molecule has 3 aromatic rings. The van der Waals surface area contributed by atoms with Crippen molar-refractivity contribution in [1.82, 2.24) is 14.9 Å². The molecule has 0 saturated carbocycles. The van der Waals surface area contributed by atoms with E-state index in [0.717, 1.165) is 5.75 Å². The summed E-state index contributed by atoms with van der Waals surface area (Å²) in [4.78, 5) is 0. The Morgan fingerprint density at radius 2 is 2.13 bits per heavy atom. The molecule has 0 fully saturated rings. The molecule has 8 heteroatoms. The summed E-state index contributed by atoms with van der Waals surface area (Å²) in [6.07, 6.45) is 1.57. The zero-order valence-corrected chi connectivity index (χ0v) is 13.8. The molecule has 0 amide bonds. The number of hydrogen-bond donors (Lipinski definition) is 1. The van der Waals surface area contributed by atoms with Gasteiger partial charge in [-0.1, -0.05) is 11.6 Å². The van der Waals surface area contributed by atoms with Gasteiger partial charge in [0.15, 0.2) is 0 Å². The molecule has 0 aliphatic carbocycles. The maximum absolute atomic E-state index is 5.83. The fourth-order valence-electron chi connectivity index (χ4n) is 1.85. The average Bonchev–Trinajstić information content (AvgIpc) is 3.12. The SMILES string of the molecule is Cc1n[nH]c(=S)n1/N=C/c1ccc(COc2ccc(Cl)cc2)o1. The van der Waals surface area contributed by atoms with E-state index in [1.807, 2.05) is 12.1 Å². The van der Waals surface area contributed by atoms with Gasteiger partial charge in [-0.25, -0.2) is 0 Å². The maximum Gasteiger partial charge on any atom is 0.216 e. The highest BCUT2D eigenvalue weighted by Crippen LogP contribution is 2.17. The number of rotatable bonds is 5. The minimum atomic E-state index is 0.319. The van der Waals surface area contributed by atoms with Gasteiger partial charge in [0, 0.05) is 5.02 Å². The molecule has 3 rings (SSSR count). The van der Waals surface area contributed by atoms with E-state index in [-0.39, 0.29) is 0 Å². The Bertz CT molecular complexity index is 880. The largest absolute Gasteiger partial charge is 0.486 e. The Kier molecular flexibility index (Phi) is 4.59. The minimum absolute atomic E-state index is 0.319. The molecule has 1 aromatic carbocycles. The molecule has 0 spiro atoms. The first kappa shape index (κ1) is 15.5. The molecular weight excluding hydrogens is 336 g/mol. The van der Waals surface area contributed by atoms with Gasteiger partial charge in [-0.3, -0.25) is 5.10 Å². The highest BCUT2D eigenvalue weighted by atomic mass is 35.5. The number of H-pyrrole nitrogens is 1. The first-order valence-electron chi connectivity index (χ1n) is 6.77. The maximum atomic E-state index is 5.83. The van der Waals surface area contributed by atoms with Crippen molar-refractivity contribution in [2.24, 2.45) is 5.10 Å². The zero-order valence-electron chi connectivity index (χ0n) is 12.2. The Morgan fingerprint density at radius 3 is 2.83 bits per heavy atom. The first-order chi connectivity index (χ1) is 11.1. The molecule has 23 heavy (non-hydrogen) atoms. The quantitative estimate of drug-likeness (QED) is 0.559. The molecule has 0 unspecified atom stereocenters. The summed E-state index contributed by atoms with van der Waals surface area (Å²) < 4.78 is 13.2. The van der Waals surface area contributed by atoms with Gasteiger partial charge in [0.2, 0.25) is 4.77 Å². The van der Waals surface area contributed by atoms with Crippen LogP contribution in [0.25, 0.3) is 0 Å². The van der Waals surface area contributed by atoms with Crippen LogP contribution in [-0.4, -0.2) is 21.1 Å². The number of nitrogens with one attached hydrogen (secondary N) is 1. The number of hydrogen-bond acceptors (Lipinski definition) is 5. The van der Waals surface area contributed by atoms with Crippen LogP contribution in [0.15, 0.2) is 45.9 Å². The summed E-state index contributed by atoms with van der Waals surface area (Å²) in [7, 11) is 0. The topological polar surface area (TPSA) is 68.3 Å². The standard InChI is InChI=1S/C15H13ClN4O2S/c1-10-18-19-15(23)20(10)17-8-13-6-7-14(22-13)9-21-12-4-2-11(16)3-5-12/h2-8H,9H2,1H3,(H,19,23)/b17-8+. The fourth-order valence-corrected chi connectivity index (χ4v) is 2.20. The van der Waals surface area contributed by atoms with Crippen molar-refractivity contribution in [2.45, 2.75) is 13.5 Å². The number of ether oxygens (including phenoxy) is 1. The van der Waals surface area contributed by atoms with E-state index in [4.69, 9.17) is 33.0 Å². The van der Waals surface area contributed by atoms with Gasteiger partial charge in [-0.15, -0.1) is 0 Å². The predicted octanol–water partition coefficient (Wildman–Crippen LogP) is 3.96. The third-order valence-corrected chi connectivity index (χ3v) is 3.51. The Hall–Kier alpha value is -2.38. The second-order valence-electron chi connectivity index (χ2n) is 4.68. The second-order valence-corrected chi connectivity index (χ2v) is 5.50. The molecule has 0 atom stereocenters. The number of nitrogens with zero attached hydrogens (tertiary/aromatic N) is 3. The Morgan fingerprint density at radius 1 is 1.35 bits per heavy atom. The molecule has 0 saturated heterocycles. The van der Waals surface area contributed by atoms with E-state index in [2.05, 4.69) is 15.3 Å². The van der Waals surface area contributed by atoms with Crippen LogP contribution in [0.2, 0.25) is 5.02 Å². The van der Waals surface area contributed by atoms with E-state index in [1.165, 1.54) is 4.68 Å². The molecule has 0 radical (unpaired) electrons. The number of halogens is 1. The third-order valence-electron chi connectivity index (χ3n) is 2.99. The minimum Gasteiger partial charge on any atom is -0.486 e. The first-order valence-corrected chi connectivity index (χ1v) is 7.56. The summed E-state index contributed by atoms with van der Waals surface area (Å²) >= 11 is 10.9. The van der Waals surface area contributed by atoms with E-state index in [9.17, 15) is 0 Å². The number of benzene rings is 1. The number of aryl methyl sites for hydroxylation is 1. The zero-order chi connectivity index (χ0) is 16.2. The van der Waals surface area contributed by atoms with Gasteiger partial charge >= 0.3 is 0 Å². The molecule has 0 aliphatic heterocycles. The number of furan rings is 1. The molecule has 2 aromatic heterocycles. The van der Waals surface area contributed by atoms with E-state index in [1.54, 1.807) is 37.4 Å². The van der Waals surface area contributed by atoms with Crippen molar-refractivity contribution >= 4 is 30.0 Å². The van der Waals surface area contributed by atoms with Crippen LogP contribution >= 0.6 is 23.8 Å². The smallest absolute Gasteiger partial charge is 0.216 e. The number of aromatic nitrogens is 3. The van der Waals surface area contributed by atoms with Crippen molar-refractivity contribution in [1.29, 1.82) is 0 Å². The molecule has 0 aliphatic rings. The van der Waals surface area contributed by atoms with Crippen molar-refractivity contribution in [3.8, 4) is 5.75 Å². The molecular formula is C15H13ClN4O2S. The van der Waals surface area contributed by atoms with E-state index < -0.39 is 0 Å². The van der Waals surface area contributed by atoms with E-state index >= 15 is 0 Å². The van der Waals surface area contributed by atoms with Crippen molar-refractivity contribution in [3.05, 3.63) is 63.5 Å². The number of aromatic amines is 1. The van der Waals surface area contributed by atoms with Gasteiger partial charge < -0.3 is 9.15 Å². The molecule has 1 N–H and O–H groups in total. The average molecular weight is 349 g/mol.